The number of carbonyl (C=O) groups excluding carboxylic acids is 1. The Morgan fingerprint density at radius 3 is 2.70 bits per heavy atom. The lowest BCUT2D eigenvalue weighted by Gasteiger charge is -2.21. The Hall–Kier alpha value is -1.49. The third-order valence-electron chi connectivity index (χ3n) is 4.11. The molecule has 1 fully saturated rings. The zero-order chi connectivity index (χ0) is 22.7. The first-order chi connectivity index (χ1) is 13.8. The van der Waals surface area contributed by atoms with E-state index in [0.717, 1.165) is 4.57 Å². The van der Waals surface area contributed by atoms with E-state index in [1.807, 2.05) is 0 Å². The van der Waals surface area contributed by atoms with Crippen LogP contribution in [-0.2, 0) is 29.8 Å². The number of rotatable bonds is 8. The number of aromatic nitrogens is 2. The average Bonchev–Trinajstić information content (AvgIpc) is 2.94. The summed E-state index contributed by atoms with van der Waals surface area (Å²) in [6, 6.07) is 0. The highest BCUT2D eigenvalue weighted by atomic mass is 35.5. The largest absolute Gasteiger partial charge is 0.459 e. The first kappa shape index (κ1) is 24.8. The van der Waals surface area contributed by atoms with Gasteiger partial charge in [0.15, 0.2) is 0 Å². The molecule has 0 spiro atoms. The van der Waals surface area contributed by atoms with Gasteiger partial charge in [-0.15, -0.1) is 11.6 Å². The molecular weight excluding hydrogens is 443 g/mol. The van der Waals surface area contributed by atoms with E-state index in [9.17, 15) is 28.9 Å². The molecule has 30 heavy (non-hydrogen) atoms. The molecule has 0 amide bonds. The Kier molecular flexibility index (Phi) is 8.06. The minimum Gasteiger partial charge on any atom is -0.459 e. The third kappa shape index (κ3) is 7.04. The molecule has 2 rings (SSSR count). The van der Waals surface area contributed by atoms with E-state index in [1.54, 1.807) is 20.8 Å². The summed E-state index contributed by atoms with van der Waals surface area (Å²) in [5.41, 5.74) is -1.82. The number of aromatic amines is 1. The first-order valence-corrected chi connectivity index (χ1v) is 11.5. The molecule has 0 radical (unpaired) electrons. The number of aliphatic hydroxyl groups excluding tert-OH is 1. The molecular formula is C17H26ClN2O9P. The number of nitrogens with one attached hydrogen (secondary N) is 1. The topological polar surface area (TPSA) is 157 Å². The maximum absolute atomic E-state index is 12.1. The summed E-state index contributed by atoms with van der Waals surface area (Å²) in [5, 5.41) is 10.2. The molecule has 1 aromatic heterocycles. The van der Waals surface area contributed by atoms with Crippen LogP contribution in [0.2, 0.25) is 0 Å². The molecule has 1 aromatic rings. The fourth-order valence-corrected chi connectivity index (χ4v) is 3.89. The highest BCUT2D eigenvalue weighted by Crippen LogP contribution is 2.43. The minimum absolute atomic E-state index is 0.0118. The van der Waals surface area contributed by atoms with E-state index in [2.05, 4.69) is 4.98 Å². The quantitative estimate of drug-likeness (QED) is 0.281. The second kappa shape index (κ2) is 9.76. The van der Waals surface area contributed by atoms with Gasteiger partial charge in [-0.25, -0.2) is 4.79 Å². The van der Waals surface area contributed by atoms with Crippen LogP contribution in [-0.4, -0.2) is 62.0 Å². The molecule has 3 N–H and O–H groups in total. The monoisotopic (exact) mass is 468 g/mol. The minimum atomic E-state index is -4.33. The Bertz CT molecular complexity index is 923. The van der Waals surface area contributed by atoms with Crippen LogP contribution in [0.5, 0.6) is 0 Å². The van der Waals surface area contributed by atoms with Crippen molar-refractivity contribution in [1.82, 2.24) is 9.55 Å². The highest BCUT2D eigenvalue weighted by molar-refractivity contribution is 7.53. The van der Waals surface area contributed by atoms with Gasteiger partial charge in [-0.2, -0.15) is 0 Å². The Labute approximate surface area is 177 Å². The van der Waals surface area contributed by atoms with Crippen LogP contribution < -0.4 is 11.2 Å². The summed E-state index contributed by atoms with van der Waals surface area (Å²) in [5.74, 6) is -0.722. The molecule has 0 aromatic carbocycles. The number of hydrogen-bond acceptors (Lipinski definition) is 8. The maximum Gasteiger partial charge on any atom is 0.339 e. The number of esters is 1. The predicted octanol–water partition coefficient (Wildman–Crippen LogP) is 0.510. The van der Waals surface area contributed by atoms with Crippen LogP contribution in [0.25, 0.3) is 0 Å². The fourth-order valence-electron chi connectivity index (χ4n) is 2.83. The van der Waals surface area contributed by atoms with E-state index < -0.39 is 61.6 Å². The lowest BCUT2D eigenvalue weighted by Crippen LogP contribution is -2.34. The number of halogens is 1. The number of H-pyrrole nitrogens is 1. The summed E-state index contributed by atoms with van der Waals surface area (Å²) >= 11 is 5.65. The number of nitrogens with zero attached hydrogens (tertiary/aromatic N) is 1. The molecule has 4 atom stereocenters. The van der Waals surface area contributed by atoms with Gasteiger partial charge in [-0.3, -0.25) is 23.7 Å². The predicted molar refractivity (Wildman–Crippen MR) is 107 cm³/mol. The number of carbonyl (C=O) groups is 1. The van der Waals surface area contributed by atoms with Crippen LogP contribution >= 0.6 is 19.2 Å². The maximum atomic E-state index is 12.1. The number of alkyl halides is 1. The number of hydrogen-bond donors (Lipinski definition) is 3. The van der Waals surface area contributed by atoms with Gasteiger partial charge in [-0.05, 0) is 27.2 Å². The standard InChI is InChI=1S/C17H26ClN2O9P/c1-17(2,3)29-14(22)9-30(25,26)27-8-12-11(21)6-13(28-12)20-7-10(4-5-18)15(23)19-16(20)24/h7,11-13,21H,4-6,8-9H2,1-3H3,(H,25,26)(H,19,23,24). The second-order valence-corrected chi connectivity index (χ2v) is 10.1. The zero-order valence-corrected chi connectivity index (χ0v) is 18.5. The van der Waals surface area contributed by atoms with E-state index in [-0.39, 0.29) is 24.3 Å². The summed E-state index contributed by atoms with van der Waals surface area (Å²) in [4.78, 5) is 47.6. The molecule has 11 nitrogen and oxygen atoms in total. The molecule has 0 bridgehead atoms. The number of aliphatic hydroxyl groups is 1. The van der Waals surface area contributed by atoms with Gasteiger partial charge in [0.1, 0.15) is 24.1 Å². The van der Waals surface area contributed by atoms with Gasteiger partial charge in [0.05, 0.1) is 12.7 Å². The van der Waals surface area contributed by atoms with E-state index >= 15 is 0 Å². The Balaban J connectivity index is 2.01. The van der Waals surface area contributed by atoms with E-state index in [1.165, 1.54) is 6.20 Å². The van der Waals surface area contributed by atoms with Crippen LogP contribution in [0, 0.1) is 0 Å². The van der Waals surface area contributed by atoms with Crippen LogP contribution in [0.15, 0.2) is 15.8 Å². The van der Waals surface area contributed by atoms with Gasteiger partial charge in [0.25, 0.3) is 5.56 Å². The molecule has 170 valence electrons. The molecule has 0 saturated carbocycles. The molecule has 13 heteroatoms. The van der Waals surface area contributed by atoms with Gasteiger partial charge < -0.3 is 24.0 Å². The fraction of sp³-hybridized carbons (Fsp3) is 0.706. The SMILES string of the molecule is CC(C)(C)OC(=O)CP(=O)(O)OCC1OC(n2cc(CCCl)c(=O)[nH]c2=O)CC1O. The summed E-state index contributed by atoms with van der Waals surface area (Å²) in [7, 11) is -4.33. The summed E-state index contributed by atoms with van der Waals surface area (Å²) in [6.45, 7) is 4.37. The van der Waals surface area contributed by atoms with Crippen LogP contribution in [0.4, 0.5) is 0 Å². The Morgan fingerprint density at radius 1 is 1.43 bits per heavy atom. The number of aryl methyl sites for hydroxylation is 1. The molecule has 1 saturated heterocycles. The van der Waals surface area contributed by atoms with Gasteiger partial charge in [0.2, 0.25) is 0 Å². The molecule has 0 aliphatic carbocycles. The molecule has 1 aliphatic heterocycles. The first-order valence-electron chi connectivity index (χ1n) is 9.23. The van der Waals surface area contributed by atoms with Crippen molar-refractivity contribution in [2.45, 2.75) is 57.6 Å². The lowest BCUT2D eigenvalue weighted by atomic mass is 10.2. The van der Waals surface area contributed by atoms with Crippen molar-refractivity contribution < 1.29 is 33.4 Å². The van der Waals surface area contributed by atoms with Crippen molar-refractivity contribution >= 4 is 25.2 Å². The third-order valence-corrected chi connectivity index (χ3v) is 5.51. The lowest BCUT2D eigenvalue weighted by molar-refractivity contribution is -0.151. The van der Waals surface area contributed by atoms with Crippen molar-refractivity contribution in [2.24, 2.45) is 0 Å². The van der Waals surface area contributed by atoms with Crippen molar-refractivity contribution in [1.29, 1.82) is 0 Å². The van der Waals surface area contributed by atoms with Gasteiger partial charge >= 0.3 is 19.3 Å². The highest BCUT2D eigenvalue weighted by Gasteiger charge is 2.38. The van der Waals surface area contributed by atoms with Crippen LogP contribution in [0.1, 0.15) is 39.0 Å². The van der Waals surface area contributed by atoms with Crippen LogP contribution in [0.3, 0.4) is 0 Å². The second-order valence-electron chi connectivity index (χ2n) is 7.87. The summed E-state index contributed by atoms with van der Waals surface area (Å²) < 4.78 is 28.7. The van der Waals surface area contributed by atoms with Gasteiger partial charge in [-0.1, -0.05) is 0 Å². The molecule has 1 aliphatic rings. The van der Waals surface area contributed by atoms with E-state index in [4.69, 9.17) is 25.6 Å². The average molecular weight is 469 g/mol. The Morgan fingerprint density at radius 2 is 2.10 bits per heavy atom. The van der Waals surface area contributed by atoms with Crippen molar-refractivity contribution in [2.75, 3.05) is 18.6 Å². The zero-order valence-electron chi connectivity index (χ0n) is 16.9. The van der Waals surface area contributed by atoms with Crippen molar-refractivity contribution in [3.05, 3.63) is 32.6 Å². The van der Waals surface area contributed by atoms with Crippen molar-refractivity contribution in [3.8, 4) is 0 Å². The number of ether oxygens (including phenoxy) is 2. The van der Waals surface area contributed by atoms with E-state index in [0.29, 0.717) is 0 Å². The van der Waals surface area contributed by atoms with Crippen molar-refractivity contribution in [3.63, 3.8) is 0 Å². The summed E-state index contributed by atoms with van der Waals surface area (Å²) in [6.07, 6.45) is -2.37. The molecule has 4 unspecified atom stereocenters. The normalized spacial score (nSPS) is 23.9. The van der Waals surface area contributed by atoms with Gasteiger partial charge in [0, 0.05) is 24.1 Å². The molecule has 2 heterocycles. The smallest absolute Gasteiger partial charge is 0.339 e.